The number of amides is 1. The van der Waals surface area contributed by atoms with Crippen LogP contribution in [0.3, 0.4) is 0 Å². The summed E-state index contributed by atoms with van der Waals surface area (Å²) in [5.41, 5.74) is 4.72. The van der Waals surface area contributed by atoms with Gasteiger partial charge in [-0.3, -0.25) is 9.10 Å². The molecule has 0 radical (unpaired) electrons. The van der Waals surface area contributed by atoms with Crippen LogP contribution in [-0.4, -0.2) is 20.9 Å². The molecule has 7 heteroatoms. The van der Waals surface area contributed by atoms with Gasteiger partial charge in [-0.05, 0) is 68.1 Å². The third kappa shape index (κ3) is 5.14. The number of aryl methyl sites for hydroxylation is 4. The van der Waals surface area contributed by atoms with Gasteiger partial charge in [0.2, 0.25) is 5.91 Å². The quantitative estimate of drug-likeness (QED) is 0.484. The van der Waals surface area contributed by atoms with Crippen molar-refractivity contribution in [2.24, 2.45) is 0 Å². The molecule has 0 heterocycles. The highest BCUT2D eigenvalue weighted by molar-refractivity contribution is 7.92. The minimum atomic E-state index is -4.00. The van der Waals surface area contributed by atoms with Crippen molar-refractivity contribution in [1.29, 1.82) is 0 Å². The second kappa shape index (κ2) is 9.76. The van der Waals surface area contributed by atoms with Gasteiger partial charge in [0.15, 0.2) is 0 Å². The molecule has 0 unspecified atom stereocenters. The highest BCUT2D eigenvalue weighted by Gasteiger charge is 2.28. The fraction of sp³-hybridized carbons (Fsp3) is 0.240. The summed E-state index contributed by atoms with van der Waals surface area (Å²) in [5.74, 6) is -0.429. The van der Waals surface area contributed by atoms with Crippen LogP contribution in [0.4, 0.5) is 11.4 Å². The first kappa shape index (κ1) is 23.8. The molecule has 3 rings (SSSR count). The van der Waals surface area contributed by atoms with Gasteiger partial charge in [-0.25, -0.2) is 8.42 Å². The minimum absolute atomic E-state index is 0.109. The van der Waals surface area contributed by atoms with Crippen LogP contribution in [0.25, 0.3) is 0 Å². The first-order valence-electron chi connectivity index (χ1n) is 10.4. The number of halogens is 1. The van der Waals surface area contributed by atoms with Crippen LogP contribution in [0.1, 0.15) is 29.2 Å². The Balaban J connectivity index is 2.00. The number of carbonyl (C=O) groups excluding carboxylic acids is 1. The Bertz CT molecular complexity index is 1240. The second-order valence-electron chi connectivity index (χ2n) is 7.77. The van der Waals surface area contributed by atoms with E-state index >= 15 is 0 Å². The van der Waals surface area contributed by atoms with Gasteiger partial charge in [0.1, 0.15) is 6.54 Å². The van der Waals surface area contributed by atoms with E-state index in [4.69, 9.17) is 11.6 Å². The van der Waals surface area contributed by atoms with Crippen molar-refractivity contribution in [2.75, 3.05) is 16.2 Å². The van der Waals surface area contributed by atoms with E-state index in [0.29, 0.717) is 10.7 Å². The number of benzene rings is 3. The van der Waals surface area contributed by atoms with E-state index in [1.165, 1.54) is 0 Å². The Morgan fingerprint density at radius 2 is 1.66 bits per heavy atom. The zero-order valence-electron chi connectivity index (χ0n) is 18.6. The molecule has 3 aromatic carbocycles. The van der Waals surface area contributed by atoms with Gasteiger partial charge in [-0.1, -0.05) is 60.5 Å². The van der Waals surface area contributed by atoms with E-state index < -0.39 is 15.9 Å². The SMILES string of the molecule is CCc1cccc(C)c1NC(=O)CN(c1ccc(C)c(Cl)c1)S(=O)(=O)c1ccc(C)cc1. The highest BCUT2D eigenvalue weighted by atomic mass is 35.5. The Hall–Kier alpha value is -2.83. The molecule has 0 aromatic heterocycles. The summed E-state index contributed by atoms with van der Waals surface area (Å²) in [6.07, 6.45) is 0.746. The summed E-state index contributed by atoms with van der Waals surface area (Å²) < 4.78 is 28.1. The lowest BCUT2D eigenvalue weighted by Crippen LogP contribution is -2.38. The maximum absolute atomic E-state index is 13.5. The van der Waals surface area contributed by atoms with Gasteiger partial charge in [-0.15, -0.1) is 0 Å². The Labute approximate surface area is 195 Å². The van der Waals surface area contributed by atoms with E-state index in [2.05, 4.69) is 5.32 Å². The number of hydrogen-bond donors (Lipinski definition) is 1. The lowest BCUT2D eigenvalue weighted by atomic mass is 10.1. The van der Waals surface area contributed by atoms with Crippen LogP contribution in [-0.2, 0) is 21.2 Å². The van der Waals surface area contributed by atoms with Crippen LogP contribution in [0.15, 0.2) is 65.6 Å². The molecule has 0 bridgehead atoms. The maximum atomic E-state index is 13.5. The Morgan fingerprint density at radius 1 is 0.969 bits per heavy atom. The molecule has 32 heavy (non-hydrogen) atoms. The second-order valence-corrected chi connectivity index (χ2v) is 10.0. The van der Waals surface area contributed by atoms with E-state index in [1.807, 2.05) is 45.9 Å². The maximum Gasteiger partial charge on any atom is 0.264 e. The van der Waals surface area contributed by atoms with Crippen molar-refractivity contribution in [2.45, 2.75) is 39.0 Å². The van der Waals surface area contributed by atoms with Crippen LogP contribution >= 0.6 is 11.6 Å². The summed E-state index contributed by atoms with van der Waals surface area (Å²) >= 11 is 6.28. The third-order valence-electron chi connectivity index (χ3n) is 5.34. The molecule has 0 aliphatic rings. The number of nitrogens with one attached hydrogen (secondary N) is 1. The Morgan fingerprint density at radius 3 is 2.28 bits per heavy atom. The van der Waals surface area contributed by atoms with Gasteiger partial charge < -0.3 is 5.32 Å². The average Bonchev–Trinajstić information content (AvgIpc) is 2.75. The lowest BCUT2D eigenvalue weighted by molar-refractivity contribution is -0.114. The molecule has 0 aliphatic heterocycles. The van der Waals surface area contributed by atoms with Crippen molar-refractivity contribution >= 4 is 38.9 Å². The summed E-state index contributed by atoms with van der Waals surface area (Å²) in [5, 5.41) is 3.34. The molecule has 1 N–H and O–H groups in total. The lowest BCUT2D eigenvalue weighted by Gasteiger charge is -2.25. The largest absolute Gasteiger partial charge is 0.324 e. The zero-order chi connectivity index (χ0) is 23.5. The van der Waals surface area contributed by atoms with Crippen LogP contribution in [0.5, 0.6) is 0 Å². The van der Waals surface area contributed by atoms with Crippen molar-refractivity contribution in [3.8, 4) is 0 Å². The number of sulfonamides is 1. The number of carbonyl (C=O) groups is 1. The van der Waals surface area contributed by atoms with Crippen molar-refractivity contribution in [1.82, 2.24) is 0 Å². The molecule has 0 atom stereocenters. The van der Waals surface area contributed by atoms with Gasteiger partial charge in [0.25, 0.3) is 10.0 Å². The van der Waals surface area contributed by atoms with Crippen LogP contribution < -0.4 is 9.62 Å². The molecule has 168 valence electrons. The zero-order valence-corrected chi connectivity index (χ0v) is 20.2. The van der Waals surface area contributed by atoms with Gasteiger partial charge in [-0.2, -0.15) is 0 Å². The average molecular weight is 471 g/mol. The van der Waals surface area contributed by atoms with Crippen molar-refractivity contribution in [3.05, 3.63) is 87.9 Å². The summed E-state index contributed by atoms with van der Waals surface area (Å²) in [6.45, 7) is 7.26. The van der Waals surface area contributed by atoms with Crippen molar-refractivity contribution in [3.63, 3.8) is 0 Å². The predicted molar refractivity (Wildman–Crippen MR) is 131 cm³/mol. The van der Waals surface area contributed by atoms with Crippen LogP contribution in [0.2, 0.25) is 5.02 Å². The highest BCUT2D eigenvalue weighted by Crippen LogP contribution is 2.29. The van der Waals surface area contributed by atoms with E-state index in [9.17, 15) is 13.2 Å². The first-order valence-corrected chi connectivity index (χ1v) is 12.2. The fourth-order valence-corrected chi connectivity index (χ4v) is 4.99. The fourth-order valence-electron chi connectivity index (χ4n) is 3.40. The molecule has 0 aliphatic carbocycles. The molecule has 0 fully saturated rings. The number of para-hydroxylation sites is 1. The summed E-state index contributed by atoms with van der Waals surface area (Å²) in [6, 6.07) is 17.3. The molecule has 0 spiro atoms. The molecule has 0 saturated carbocycles. The van der Waals surface area contributed by atoms with Crippen molar-refractivity contribution < 1.29 is 13.2 Å². The molecule has 3 aromatic rings. The summed E-state index contributed by atoms with van der Waals surface area (Å²) in [7, 11) is -4.00. The molecular formula is C25H27ClN2O3S. The van der Waals surface area contributed by atoms with Gasteiger partial charge >= 0.3 is 0 Å². The standard InChI is InChI=1S/C25H27ClN2O3S/c1-5-20-8-6-7-19(4)25(20)27-24(29)16-28(21-12-11-18(3)23(26)15-21)32(30,31)22-13-9-17(2)10-14-22/h6-15H,5,16H2,1-4H3,(H,27,29). The molecule has 1 amide bonds. The number of hydrogen-bond acceptors (Lipinski definition) is 3. The normalized spacial score (nSPS) is 11.3. The third-order valence-corrected chi connectivity index (χ3v) is 7.54. The number of anilines is 2. The monoisotopic (exact) mass is 470 g/mol. The Kier molecular flexibility index (Phi) is 7.26. The summed E-state index contributed by atoms with van der Waals surface area (Å²) in [4.78, 5) is 13.2. The molecular weight excluding hydrogens is 444 g/mol. The van der Waals surface area contributed by atoms with Gasteiger partial charge in [0.05, 0.1) is 10.6 Å². The smallest absolute Gasteiger partial charge is 0.264 e. The van der Waals surface area contributed by atoms with E-state index in [1.54, 1.807) is 42.5 Å². The number of nitrogens with zero attached hydrogens (tertiary/aromatic N) is 1. The van der Waals surface area contributed by atoms with Crippen LogP contribution in [0, 0.1) is 20.8 Å². The predicted octanol–water partition coefficient (Wildman–Crippen LogP) is 5.66. The van der Waals surface area contributed by atoms with E-state index in [-0.39, 0.29) is 11.4 Å². The number of rotatable bonds is 7. The minimum Gasteiger partial charge on any atom is -0.324 e. The first-order chi connectivity index (χ1) is 15.1. The van der Waals surface area contributed by atoms with Gasteiger partial charge in [0, 0.05) is 10.7 Å². The molecule has 0 saturated heterocycles. The topological polar surface area (TPSA) is 66.5 Å². The molecule has 5 nitrogen and oxygen atoms in total. The van der Waals surface area contributed by atoms with E-state index in [0.717, 1.165) is 38.7 Å².